The first-order chi connectivity index (χ1) is 14.5. The second-order valence-electron chi connectivity index (χ2n) is 7.26. The van der Waals surface area contributed by atoms with Crippen LogP contribution in [0.5, 0.6) is 17.6 Å². The molecule has 1 aromatic carbocycles. The van der Waals surface area contributed by atoms with Gasteiger partial charge < -0.3 is 19.7 Å². The number of hydrogen-bond acceptors (Lipinski definition) is 8. The molecule has 1 N–H and O–H groups in total. The van der Waals surface area contributed by atoms with Crippen molar-refractivity contribution >= 4 is 23.2 Å². The van der Waals surface area contributed by atoms with Crippen molar-refractivity contribution in [3.05, 3.63) is 52.8 Å². The number of benzene rings is 1. The molecule has 4 heterocycles. The predicted octanol–water partition coefficient (Wildman–Crippen LogP) is 3.26. The summed E-state index contributed by atoms with van der Waals surface area (Å²) in [6.07, 6.45) is 1.75. The van der Waals surface area contributed by atoms with Crippen LogP contribution in [0.4, 0.5) is 11.6 Å². The topological polar surface area (TPSA) is 90.2 Å². The number of nitrogens with one attached hydrogen (secondary N) is 1. The number of ether oxygens (including phenoxy) is 2. The van der Waals surface area contributed by atoms with E-state index in [1.54, 1.807) is 37.2 Å². The fourth-order valence-electron chi connectivity index (χ4n) is 3.99. The maximum absolute atomic E-state index is 6.03. The summed E-state index contributed by atoms with van der Waals surface area (Å²) < 4.78 is 12.6. The number of nitrogens with zero attached hydrogens (tertiary/aromatic N) is 6. The molecule has 2 atom stereocenters. The average molecular weight is 426 g/mol. The molecule has 2 bridgehead atoms. The molecule has 2 unspecified atom stereocenters. The van der Waals surface area contributed by atoms with Crippen LogP contribution in [-0.2, 0) is 7.05 Å². The van der Waals surface area contributed by atoms with E-state index in [1.807, 2.05) is 18.2 Å². The summed E-state index contributed by atoms with van der Waals surface area (Å²) in [7, 11) is 3.38. The van der Waals surface area contributed by atoms with Crippen molar-refractivity contribution in [1.29, 1.82) is 0 Å². The molecule has 2 aromatic heterocycles. The van der Waals surface area contributed by atoms with E-state index >= 15 is 0 Å². The summed E-state index contributed by atoms with van der Waals surface area (Å²) in [5.41, 5.74) is 3.52. The Bertz CT molecular complexity index is 1150. The van der Waals surface area contributed by atoms with Crippen LogP contribution < -0.4 is 19.7 Å². The first-order valence-corrected chi connectivity index (χ1v) is 9.87. The molecule has 154 valence electrons. The lowest BCUT2D eigenvalue weighted by Gasteiger charge is -2.32. The molecule has 6 rings (SSSR count). The molecular formula is C20H20ClN7O2. The lowest BCUT2D eigenvalue weighted by Crippen LogP contribution is -2.37. The number of halogens is 1. The summed E-state index contributed by atoms with van der Waals surface area (Å²) >= 11 is 6.03. The van der Waals surface area contributed by atoms with Gasteiger partial charge in [-0.15, -0.1) is 10.2 Å². The van der Waals surface area contributed by atoms with Gasteiger partial charge in [-0.05, 0) is 30.7 Å². The number of rotatable bonds is 6. The maximum Gasteiger partial charge on any atom is 0.321 e. The van der Waals surface area contributed by atoms with Gasteiger partial charge in [0, 0.05) is 36.3 Å². The number of hydrogen-bond donors (Lipinski definition) is 1. The third-order valence-corrected chi connectivity index (χ3v) is 5.71. The van der Waals surface area contributed by atoms with Gasteiger partial charge in [0.2, 0.25) is 11.8 Å². The molecule has 1 aliphatic carbocycles. The lowest BCUT2D eigenvalue weighted by molar-refractivity contribution is 0.392. The molecule has 0 spiro atoms. The van der Waals surface area contributed by atoms with E-state index in [4.69, 9.17) is 21.1 Å². The van der Waals surface area contributed by atoms with Gasteiger partial charge >= 0.3 is 6.01 Å². The normalized spacial score (nSPS) is 19.7. The zero-order valence-electron chi connectivity index (χ0n) is 16.7. The Balaban J connectivity index is 1.33. The Labute approximate surface area is 178 Å². The monoisotopic (exact) mass is 425 g/mol. The minimum absolute atomic E-state index is 0.130. The van der Waals surface area contributed by atoms with Gasteiger partial charge in [-0.3, -0.25) is 0 Å². The molecule has 30 heavy (non-hydrogen) atoms. The molecule has 3 aromatic rings. The summed E-state index contributed by atoms with van der Waals surface area (Å²) in [4.78, 5) is 6.73. The van der Waals surface area contributed by atoms with Crippen LogP contribution in [0, 0.1) is 5.92 Å². The van der Waals surface area contributed by atoms with E-state index in [1.165, 1.54) is 11.3 Å². The summed E-state index contributed by atoms with van der Waals surface area (Å²) in [5.74, 6) is 1.99. The van der Waals surface area contributed by atoms with Crippen LogP contribution in [0.2, 0.25) is 5.02 Å². The molecule has 10 heteroatoms. The van der Waals surface area contributed by atoms with Crippen LogP contribution in [0.1, 0.15) is 6.92 Å². The first-order valence-electron chi connectivity index (χ1n) is 9.49. The molecule has 2 aliphatic heterocycles. The molecule has 1 fully saturated rings. The van der Waals surface area contributed by atoms with Crippen LogP contribution in [0.3, 0.4) is 0 Å². The Hall–Kier alpha value is -3.33. The third-order valence-electron chi connectivity index (χ3n) is 5.48. The number of aromatic nitrogens is 5. The van der Waals surface area contributed by atoms with Crippen molar-refractivity contribution in [2.45, 2.75) is 13.0 Å². The summed E-state index contributed by atoms with van der Waals surface area (Å²) in [5, 5.41) is 16.5. The van der Waals surface area contributed by atoms with Crippen LogP contribution in [0.25, 0.3) is 0 Å². The summed E-state index contributed by atoms with van der Waals surface area (Å²) in [6.45, 7) is 3.02. The molecule has 0 saturated carbocycles. The van der Waals surface area contributed by atoms with Crippen molar-refractivity contribution in [1.82, 2.24) is 25.0 Å². The van der Waals surface area contributed by atoms with Gasteiger partial charge in [0.15, 0.2) is 0 Å². The van der Waals surface area contributed by atoms with Gasteiger partial charge in [0.05, 0.1) is 25.0 Å². The highest BCUT2D eigenvalue weighted by Gasteiger charge is 2.49. The van der Waals surface area contributed by atoms with E-state index in [2.05, 4.69) is 37.4 Å². The molecule has 1 saturated heterocycles. The molecular weight excluding hydrogens is 406 g/mol. The van der Waals surface area contributed by atoms with Crippen LogP contribution in [0.15, 0.2) is 47.8 Å². The SMILES string of the molecule is COc1cc(N2CC3C(C)=C2C3Nc2nc(Oc3cccc(Cl)c3)n(C)n2)cnn1. The molecule has 0 radical (unpaired) electrons. The lowest BCUT2D eigenvalue weighted by atomic mass is 9.82. The fourth-order valence-corrected chi connectivity index (χ4v) is 4.17. The van der Waals surface area contributed by atoms with Gasteiger partial charge in [-0.1, -0.05) is 17.7 Å². The van der Waals surface area contributed by atoms with Crippen LogP contribution in [-0.4, -0.2) is 44.7 Å². The van der Waals surface area contributed by atoms with Gasteiger partial charge in [-0.25, -0.2) is 4.68 Å². The standard InChI is InChI=1S/C20H20ClN7O2/c1-11-15-10-28(13-8-16(29-3)25-22-9-13)18(11)17(15)23-19-24-20(27(2)26-19)30-14-6-4-5-12(21)7-14/h4-9,15,17H,10H2,1-3H3,(H,23,26). The second-order valence-corrected chi connectivity index (χ2v) is 7.70. The van der Waals surface area contributed by atoms with E-state index < -0.39 is 0 Å². The maximum atomic E-state index is 6.03. The fraction of sp³-hybridized carbons (Fsp3) is 0.300. The Morgan fingerprint density at radius 3 is 2.93 bits per heavy atom. The molecule has 9 nitrogen and oxygen atoms in total. The van der Waals surface area contributed by atoms with Gasteiger partial charge in [0.25, 0.3) is 0 Å². The van der Waals surface area contributed by atoms with E-state index in [9.17, 15) is 0 Å². The number of fused-ring (bicyclic) bond motifs is 1. The summed E-state index contributed by atoms with van der Waals surface area (Å²) in [6, 6.07) is 9.58. The Kier molecular flexibility index (Phi) is 4.47. The predicted molar refractivity (Wildman–Crippen MR) is 112 cm³/mol. The largest absolute Gasteiger partial charge is 0.480 e. The Morgan fingerprint density at radius 2 is 2.13 bits per heavy atom. The smallest absolute Gasteiger partial charge is 0.321 e. The number of anilines is 2. The quantitative estimate of drug-likeness (QED) is 0.643. The average Bonchev–Trinajstić information content (AvgIpc) is 3.40. The zero-order valence-corrected chi connectivity index (χ0v) is 17.5. The van der Waals surface area contributed by atoms with Crippen molar-refractivity contribution in [3.8, 4) is 17.6 Å². The minimum atomic E-state index is 0.130. The van der Waals surface area contributed by atoms with Gasteiger partial charge in [-0.2, -0.15) is 10.1 Å². The van der Waals surface area contributed by atoms with Crippen molar-refractivity contribution in [2.75, 3.05) is 23.9 Å². The first kappa shape index (κ1) is 18.7. The highest BCUT2D eigenvalue weighted by Crippen LogP contribution is 2.48. The second kappa shape index (κ2) is 7.17. The highest BCUT2D eigenvalue weighted by atomic mass is 35.5. The van der Waals surface area contributed by atoms with Crippen molar-refractivity contribution in [3.63, 3.8) is 0 Å². The van der Waals surface area contributed by atoms with E-state index in [0.717, 1.165) is 12.2 Å². The number of aryl methyl sites for hydroxylation is 1. The molecule has 3 aliphatic rings. The minimum Gasteiger partial charge on any atom is -0.480 e. The van der Waals surface area contributed by atoms with Gasteiger partial charge in [0.1, 0.15) is 5.75 Å². The van der Waals surface area contributed by atoms with Crippen molar-refractivity contribution < 1.29 is 9.47 Å². The third kappa shape index (κ3) is 3.11. The number of methoxy groups -OCH3 is 1. The highest BCUT2D eigenvalue weighted by molar-refractivity contribution is 6.30. The van der Waals surface area contributed by atoms with E-state index in [-0.39, 0.29) is 6.04 Å². The molecule has 0 amide bonds. The van der Waals surface area contributed by atoms with E-state index in [0.29, 0.717) is 34.5 Å². The Morgan fingerprint density at radius 1 is 1.27 bits per heavy atom. The van der Waals surface area contributed by atoms with Crippen molar-refractivity contribution in [2.24, 2.45) is 13.0 Å². The zero-order chi connectivity index (χ0) is 20.8. The van der Waals surface area contributed by atoms with Crippen LogP contribution >= 0.6 is 11.6 Å².